The molecule has 0 bridgehead atoms. The molecule has 18 heavy (non-hydrogen) atoms. The summed E-state index contributed by atoms with van der Waals surface area (Å²) >= 11 is 0. The van der Waals surface area contributed by atoms with E-state index in [2.05, 4.69) is 4.72 Å². The van der Waals surface area contributed by atoms with Crippen LogP contribution < -0.4 is 4.72 Å². The molecule has 2 rings (SSSR count). The lowest BCUT2D eigenvalue weighted by atomic mass is 10.3. The average molecular weight is 272 g/mol. The maximum absolute atomic E-state index is 12.0. The quantitative estimate of drug-likeness (QED) is 0.595. The molecule has 2 N–H and O–H groups in total. The minimum atomic E-state index is -3.99. The molecule has 1 aromatic carbocycles. The number of aliphatic hydroxyl groups excluding tert-OH is 1. The molecule has 8 heteroatoms. The molecule has 7 nitrogen and oxygen atoms in total. The van der Waals surface area contributed by atoms with Gasteiger partial charge in [0.2, 0.25) is 10.0 Å². The third-order valence-corrected chi connectivity index (χ3v) is 4.48. The van der Waals surface area contributed by atoms with Crippen molar-refractivity contribution >= 4 is 15.7 Å². The summed E-state index contributed by atoms with van der Waals surface area (Å²) in [6, 6.07) is 5.12. The van der Waals surface area contributed by atoms with Gasteiger partial charge in [-0.05, 0) is 18.9 Å². The first-order valence-corrected chi connectivity index (χ1v) is 6.77. The molecule has 1 aromatic rings. The first-order valence-electron chi connectivity index (χ1n) is 5.28. The van der Waals surface area contributed by atoms with Crippen molar-refractivity contribution < 1.29 is 18.4 Å². The smallest absolute Gasteiger partial charge is 0.289 e. The Balaban J connectivity index is 2.39. The maximum atomic E-state index is 12.0. The summed E-state index contributed by atoms with van der Waals surface area (Å²) in [6.45, 7) is -0.313. The SMILES string of the molecule is O=[N+]([O-])c1ccccc1S(=O)(=O)NC1(CO)CC1. The Kier molecular flexibility index (Phi) is 3.09. The zero-order valence-corrected chi connectivity index (χ0v) is 10.2. The summed E-state index contributed by atoms with van der Waals surface area (Å²) in [5, 5.41) is 19.9. The molecular weight excluding hydrogens is 260 g/mol. The minimum absolute atomic E-state index is 0.313. The number of sulfonamides is 1. The summed E-state index contributed by atoms with van der Waals surface area (Å²) in [5.41, 5.74) is -1.32. The molecule has 0 saturated heterocycles. The van der Waals surface area contributed by atoms with Crippen molar-refractivity contribution in [1.29, 1.82) is 0 Å². The fraction of sp³-hybridized carbons (Fsp3) is 0.400. The van der Waals surface area contributed by atoms with Crippen LogP contribution in [0.5, 0.6) is 0 Å². The van der Waals surface area contributed by atoms with Crippen LogP contribution in [-0.2, 0) is 10.0 Å². The summed E-state index contributed by atoms with van der Waals surface area (Å²) in [6.07, 6.45) is 1.06. The van der Waals surface area contributed by atoms with E-state index < -0.39 is 26.2 Å². The predicted molar refractivity (Wildman–Crippen MR) is 62.5 cm³/mol. The zero-order chi connectivity index (χ0) is 13.4. The first-order chi connectivity index (χ1) is 8.40. The van der Waals surface area contributed by atoms with Gasteiger partial charge in [0, 0.05) is 6.07 Å². The van der Waals surface area contributed by atoms with Crippen LogP contribution in [0.3, 0.4) is 0 Å². The van der Waals surface area contributed by atoms with Gasteiger partial charge in [-0.1, -0.05) is 12.1 Å². The lowest BCUT2D eigenvalue weighted by molar-refractivity contribution is -0.387. The van der Waals surface area contributed by atoms with Gasteiger partial charge in [0.15, 0.2) is 4.90 Å². The number of rotatable bonds is 5. The van der Waals surface area contributed by atoms with Crippen LogP contribution in [-0.4, -0.2) is 30.6 Å². The van der Waals surface area contributed by atoms with Gasteiger partial charge in [-0.3, -0.25) is 10.1 Å². The van der Waals surface area contributed by atoms with Gasteiger partial charge in [0.25, 0.3) is 5.69 Å². The molecule has 0 heterocycles. The van der Waals surface area contributed by atoms with Gasteiger partial charge in [0.1, 0.15) is 0 Å². The highest BCUT2D eigenvalue weighted by Gasteiger charge is 2.46. The second-order valence-electron chi connectivity index (χ2n) is 4.27. The molecular formula is C10H12N2O5S. The molecule has 0 unspecified atom stereocenters. The van der Waals surface area contributed by atoms with Gasteiger partial charge < -0.3 is 5.11 Å². The highest BCUT2D eigenvalue weighted by Crippen LogP contribution is 2.37. The van der Waals surface area contributed by atoms with Crippen molar-refractivity contribution in [3.05, 3.63) is 34.4 Å². The van der Waals surface area contributed by atoms with Crippen LogP contribution in [0.4, 0.5) is 5.69 Å². The maximum Gasteiger partial charge on any atom is 0.289 e. The largest absolute Gasteiger partial charge is 0.394 e. The van der Waals surface area contributed by atoms with E-state index in [1.54, 1.807) is 0 Å². The van der Waals surface area contributed by atoms with Crippen molar-refractivity contribution in [3.63, 3.8) is 0 Å². The number of hydrogen-bond donors (Lipinski definition) is 2. The molecule has 0 amide bonds. The molecule has 0 aliphatic heterocycles. The summed E-state index contributed by atoms with van der Waals surface area (Å²) in [5.74, 6) is 0. The van der Waals surface area contributed by atoms with Crippen molar-refractivity contribution in [1.82, 2.24) is 4.72 Å². The van der Waals surface area contributed by atoms with Crippen LogP contribution in [0, 0.1) is 10.1 Å². The van der Waals surface area contributed by atoms with Crippen molar-refractivity contribution in [3.8, 4) is 0 Å². The predicted octanol–water partition coefficient (Wildman–Crippen LogP) is 0.398. The number of nitrogens with one attached hydrogen (secondary N) is 1. The van der Waals surface area contributed by atoms with E-state index in [0.29, 0.717) is 12.8 Å². The molecule has 1 aliphatic carbocycles. The number of nitro benzene ring substituents is 1. The topological polar surface area (TPSA) is 110 Å². The van der Waals surface area contributed by atoms with E-state index in [1.807, 2.05) is 0 Å². The fourth-order valence-electron chi connectivity index (χ4n) is 1.62. The average Bonchev–Trinajstić information content (AvgIpc) is 3.09. The number of hydrogen-bond acceptors (Lipinski definition) is 5. The third-order valence-electron chi connectivity index (χ3n) is 2.86. The lowest BCUT2D eigenvalue weighted by Crippen LogP contribution is -2.39. The molecule has 98 valence electrons. The highest BCUT2D eigenvalue weighted by molar-refractivity contribution is 7.89. The van der Waals surface area contributed by atoms with Crippen molar-refractivity contribution in [2.75, 3.05) is 6.61 Å². The normalized spacial score (nSPS) is 17.4. The summed E-state index contributed by atoms with van der Waals surface area (Å²) in [4.78, 5) is 9.66. The molecule has 0 aromatic heterocycles. The second-order valence-corrected chi connectivity index (χ2v) is 5.92. The number of nitro groups is 1. The van der Waals surface area contributed by atoms with Crippen LogP contribution in [0.25, 0.3) is 0 Å². The molecule has 1 saturated carbocycles. The molecule has 0 atom stereocenters. The molecule has 1 fully saturated rings. The molecule has 0 spiro atoms. The number of para-hydroxylation sites is 1. The zero-order valence-electron chi connectivity index (χ0n) is 9.37. The van der Waals surface area contributed by atoms with E-state index in [4.69, 9.17) is 5.11 Å². The Labute approximate surface area is 104 Å². The van der Waals surface area contributed by atoms with Crippen molar-refractivity contribution in [2.24, 2.45) is 0 Å². The first kappa shape index (κ1) is 12.9. The fourth-order valence-corrected chi connectivity index (χ4v) is 3.24. The van der Waals surface area contributed by atoms with Crippen LogP contribution in [0.15, 0.2) is 29.2 Å². The van der Waals surface area contributed by atoms with Crippen LogP contribution in [0.1, 0.15) is 12.8 Å². The Morgan fingerprint density at radius 3 is 2.50 bits per heavy atom. The Morgan fingerprint density at radius 2 is 2.00 bits per heavy atom. The highest BCUT2D eigenvalue weighted by atomic mass is 32.2. The molecule has 0 radical (unpaired) electrons. The molecule has 1 aliphatic rings. The van der Waals surface area contributed by atoms with Gasteiger partial charge in [-0.15, -0.1) is 0 Å². The van der Waals surface area contributed by atoms with Gasteiger partial charge in [-0.25, -0.2) is 13.1 Å². The number of aliphatic hydroxyl groups is 1. The second kappa shape index (κ2) is 4.30. The lowest BCUT2D eigenvalue weighted by Gasteiger charge is -2.14. The summed E-state index contributed by atoms with van der Waals surface area (Å²) in [7, 11) is -3.99. The van der Waals surface area contributed by atoms with E-state index in [0.717, 1.165) is 6.07 Å². The van der Waals surface area contributed by atoms with Crippen LogP contribution >= 0.6 is 0 Å². The summed E-state index contributed by atoms with van der Waals surface area (Å²) < 4.78 is 26.4. The number of benzene rings is 1. The monoisotopic (exact) mass is 272 g/mol. The van der Waals surface area contributed by atoms with E-state index >= 15 is 0 Å². The third kappa shape index (κ3) is 2.35. The van der Waals surface area contributed by atoms with Gasteiger partial charge >= 0.3 is 0 Å². The van der Waals surface area contributed by atoms with E-state index in [9.17, 15) is 18.5 Å². The minimum Gasteiger partial charge on any atom is -0.394 e. The van der Waals surface area contributed by atoms with Gasteiger partial charge in [-0.2, -0.15) is 0 Å². The number of nitrogens with zero attached hydrogens (tertiary/aromatic N) is 1. The van der Waals surface area contributed by atoms with Crippen molar-refractivity contribution in [2.45, 2.75) is 23.3 Å². The van der Waals surface area contributed by atoms with E-state index in [-0.39, 0.29) is 11.5 Å². The Morgan fingerprint density at radius 1 is 1.39 bits per heavy atom. The van der Waals surface area contributed by atoms with Gasteiger partial charge in [0.05, 0.1) is 17.1 Å². The Bertz CT molecular complexity index is 580. The van der Waals surface area contributed by atoms with E-state index in [1.165, 1.54) is 18.2 Å². The Hall–Kier alpha value is -1.51. The van der Waals surface area contributed by atoms with Crippen LogP contribution in [0.2, 0.25) is 0 Å². The standard InChI is InChI=1S/C10H12N2O5S/c13-7-10(5-6-10)11-18(16,17)9-4-2-1-3-8(9)12(14)15/h1-4,11,13H,5-7H2.